The van der Waals surface area contributed by atoms with Crippen molar-refractivity contribution in [2.75, 3.05) is 18.0 Å². The SMILES string of the molecule is CCN(CC)c1ccc(N=Cc2cc(C)n(-c3cccc(Cl)c3)c2C)cc1. The van der Waals surface area contributed by atoms with Crippen molar-refractivity contribution in [3.05, 3.63) is 76.6 Å². The standard InChI is InChI=1S/C23H26ClN3/c1-5-26(6-2)22-12-10-21(11-13-22)25-16-19-14-17(3)27(18(19)4)23-9-7-8-20(24)15-23/h7-16H,5-6H2,1-4H3. The summed E-state index contributed by atoms with van der Waals surface area (Å²) in [6.07, 6.45) is 1.94. The van der Waals surface area contributed by atoms with Crippen molar-refractivity contribution in [1.82, 2.24) is 4.57 Å². The van der Waals surface area contributed by atoms with Crippen LogP contribution in [0.1, 0.15) is 30.8 Å². The number of aryl methyl sites for hydroxylation is 1. The number of rotatable bonds is 6. The summed E-state index contributed by atoms with van der Waals surface area (Å²) in [4.78, 5) is 7.00. The Morgan fingerprint density at radius 3 is 2.33 bits per heavy atom. The number of aliphatic imine (C=N–C) groups is 1. The fraction of sp³-hybridized carbons (Fsp3) is 0.261. The van der Waals surface area contributed by atoms with Gasteiger partial charge in [0.05, 0.1) is 5.69 Å². The Balaban J connectivity index is 1.85. The molecule has 1 aromatic heterocycles. The normalized spacial score (nSPS) is 11.3. The van der Waals surface area contributed by atoms with E-state index in [-0.39, 0.29) is 0 Å². The molecule has 0 aliphatic rings. The number of hydrogen-bond donors (Lipinski definition) is 0. The average molecular weight is 380 g/mol. The molecule has 0 amide bonds. The molecular formula is C23H26ClN3. The highest BCUT2D eigenvalue weighted by Crippen LogP contribution is 2.23. The molecule has 3 rings (SSSR count). The second-order valence-corrected chi connectivity index (χ2v) is 7.03. The van der Waals surface area contributed by atoms with Crippen molar-refractivity contribution in [1.29, 1.82) is 0 Å². The molecule has 27 heavy (non-hydrogen) atoms. The van der Waals surface area contributed by atoms with E-state index in [1.54, 1.807) is 0 Å². The molecule has 3 nitrogen and oxygen atoms in total. The van der Waals surface area contributed by atoms with Crippen LogP contribution in [0.5, 0.6) is 0 Å². The maximum atomic E-state index is 6.16. The number of hydrogen-bond acceptors (Lipinski definition) is 2. The summed E-state index contributed by atoms with van der Waals surface area (Å²) in [5.41, 5.74) is 6.68. The maximum absolute atomic E-state index is 6.16. The Morgan fingerprint density at radius 1 is 1.00 bits per heavy atom. The number of nitrogens with zero attached hydrogens (tertiary/aromatic N) is 3. The van der Waals surface area contributed by atoms with Crippen molar-refractivity contribution in [2.24, 2.45) is 4.99 Å². The first-order valence-corrected chi connectivity index (χ1v) is 9.75. The van der Waals surface area contributed by atoms with E-state index in [2.05, 4.69) is 78.6 Å². The van der Waals surface area contributed by atoms with Crippen molar-refractivity contribution in [3.8, 4) is 5.69 Å². The van der Waals surface area contributed by atoms with E-state index in [1.165, 1.54) is 5.69 Å². The van der Waals surface area contributed by atoms with Crippen molar-refractivity contribution in [2.45, 2.75) is 27.7 Å². The van der Waals surface area contributed by atoms with Crippen LogP contribution in [-0.2, 0) is 0 Å². The van der Waals surface area contributed by atoms with Gasteiger partial charge < -0.3 is 9.47 Å². The van der Waals surface area contributed by atoms with Gasteiger partial charge in [0.2, 0.25) is 0 Å². The van der Waals surface area contributed by atoms with Gasteiger partial charge in [0.15, 0.2) is 0 Å². The van der Waals surface area contributed by atoms with Gasteiger partial charge in [0.25, 0.3) is 0 Å². The largest absolute Gasteiger partial charge is 0.372 e. The lowest BCUT2D eigenvalue weighted by molar-refractivity contribution is 0.866. The summed E-state index contributed by atoms with van der Waals surface area (Å²) in [6, 6.07) is 18.5. The van der Waals surface area contributed by atoms with Crippen molar-refractivity contribution < 1.29 is 0 Å². The molecule has 0 saturated carbocycles. The Hall–Kier alpha value is -2.52. The zero-order valence-corrected chi connectivity index (χ0v) is 17.2. The predicted molar refractivity (Wildman–Crippen MR) is 118 cm³/mol. The lowest BCUT2D eigenvalue weighted by Gasteiger charge is -2.20. The second kappa shape index (κ2) is 8.45. The minimum atomic E-state index is 0.739. The van der Waals surface area contributed by atoms with Gasteiger partial charge in [-0.1, -0.05) is 17.7 Å². The zero-order valence-electron chi connectivity index (χ0n) is 16.4. The number of aromatic nitrogens is 1. The second-order valence-electron chi connectivity index (χ2n) is 6.59. The third kappa shape index (κ3) is 4.25. The molecule has 140 valence electrons. The highest BCUT2D eigenvalue weighted by Gasteiger charge is 2.09. The summed E-state index contributed by atoms with van der Waals surface area (Å²) in [5.74, 6) is 0. The van der Waals surface area contributed by atoms with Gasteiger partial charge >= 0.3 is 0 Å². The first-order valence-electron chi connectivity index (χ1n) is 9.37. The van der Waals surface area contributed by atoms with Crippen LogP contribution >= 0.6 is 11.6 Å². The maximum Gasteiger partial charge on any atom is 0.0631 e. The molecule has 0 bridgehead atoms. The zero-order chi connectivity index (χ0) is 19.4. The van der Waals surface area contributed by atoms with Gasteiger partial charge in [-0.3, -0.25) is 4.99 Å². The van der Waals surface area contributed by atoms with Gasteiger partial charge in [-0.05, 0) is 76.2 Å². The summed E-state index contributed by atoms with van der Waals surface area (Å²) in [6.45, 7) is 10.6. The summed E-state index contributed by atoms with van der Waals surface area (Å²) < 4.78 is 2.21. The average Bonchev–Trinajstić information content (AvgIpc) is 2.95. The Bertz CT molecular complexity index is 935. The lowest BCUT2D eigenvalue weighted by atomic mass is 10.2. The molecule has 0 N–H and O–H groups in total. The van der Waals surface area contributed by atoms with Gasteiger partial charge in [-0.25, -0.2) is 0 Å². The third-order valence-electron chi connectivity index (χ3n) is 4.87. The minimum Gasteiger partial charge on any atom is -0.372 e. The fourth-order valence-corrected chi connectivity index (χ4v) is 3.60. The van der Waals surface area contributed by atoms with Crippen LogP contribution in [-0.4, -0.2) is 23.9 Å². The predicted octanol–water partition coefficient (Wildman–Crippen LogP) is 6.34. The molecule has 4 heteroatoms. The molecule has 0 aliphatic heterocycles. The molecule has 0 aliphatic carbocycles. The number of anilines is 1. The molecule has 0 saturated heterocycles. The molecule has 0 radical (unpaired) electrons. The number of benzene rings is 2. The van der Waals surface area contributed by atoms with Crippen LogP contribution in [0.15, 0.2) is 59.6 Å². The van der Waals surface area contributed by atoms with Crippen LogP contribution in [0, 0.1) is 13.8 Å². The van der Waals surface area contributed by atoms with Gasteiger partial charge in [-0.2, -0.15) is 0 Å². The Kier molecular flexibility index (Phi) is 6.02. The Morgan fingerprint density at radius 2 is 1.70 bits per heavy atom. The topological polar surface area (TPSA) is 20.5 Å². The highest BCUT2D eigenvalue weighted by atomic mass is 35.5. The first-order chi connectivity index (χ1) is 13.0. The van der Waals surface area contributed by atoms with E-state index in [4.69, 9.17) is 11.6 Å². The minimum absolute atomic E-state index is 0.739. The summed E-state index contributed by atoms with van der Waals surface area (Å²) in [7, 11) is 0. The van der Waals surface area contributed by atoms with Crippen LogP contribution in [0.2, 0.25) is 5.02 Å². The summed E-state index contributed by atoms with van der Waals surface area (Å²) >= 11 is 6.16. The van der Waals surface area contributed by atoms with Gasteiger partial charge in [0, 0.05) is 52.7 Å². The number of halogens is 1. The van der Waals surface area contributed by atoms with E-state index >= 15 is 0 Å². The van der Waals surface area contributed by atoms with Gasteiger partial charge in [0.1, 0.15) is 0 Å². The molecule has 0 fully saturated rings. The highest BCUT2D eigenvalue weighted by molar-refractivity contribution is 6.30. The summed E-state index contributed by atoms with van der Waals surface area (Å²) in [5, 5.41) is 0.739. The van der Waals surface area contributed by atoms with Crippen LogP contribution in [0.3, 0.4) is 0 Å². The monoisotopic (exact) mass is 379 g/mol. The van der Waals surface area contributed by atoms with Gasteiger partial charge in [-0.15, -0.1) is 0 Å². The van der Waals surface area contributed by atoms with E-state index in [0.29, 0.717) is 0 Å². The smallest absolute Gasteiger partial charge is 0.0631 e. The van der Waals surface area contributed by atoms with Crippen molar-refractivity contribution >= 4 is 29.2 Å². The van der Waals surface area contributed by atoms with Crippen LogP contribution < -0.4 is 4.90 Å². The fourth-order valence-electron chi connectivity index (χ4n) is 3.41. The molecule has 0 atom stereocenters. The van der Waals surface area contributed by atoms with E-state index in [9.17, 15) is 0 Å². The third-order valence-corrected chi connectivity index (χ3v) is 5.10. The molecular weight excluding hydrogens is 354 g/mol. The molecule has 3 aromatic rings. The molecule has 0 unspecified atom stereocenters. The van der Waals surface area contributed by atoms with E-state index in [1.807, 2.05) is 24.4 Å². The van der Waals surface area contributed by atoms with E-state index in [0.717, 1.165) is 46.4 Å². The molecule has 0 spiro atoms. The quantitative estimate of drug-likeness (QED) is 0.457. The first kappa shape index (κ1) is 19.2. The van der Waals surface area contributed by atoms with Crippen molar-refractivity contribution in [3.63, 3.8) is 0 Å². The Labute approximate surface area is 166 Å². The van der Waals surface area contributed by atoms with Crippen LogP contribution in [0.25, 0.3) is 5.69 Å². The molecule has 2 aromatic carbocycles. The van der Waals surface area contributed by atoms with Crippen LogP contribution in [0.4, 0.5) is 11.4 Å². The lowest BCUT2D eigenvalue weighted by Crippen LogP contribution is -2.21. The van der Waals surface area contributed by atoms with E-state index < -0.39 is 0 Å². The molecule has 1 heterocycles.